The predicted octanol–water partition coefficient (Wildman–Crippen LogP) is 0.361. The molecular formula is C9H16N2O. The molecule has 0 radical (unpaired) electrons. The second kappa shape index (κ2) is 3.44. The lowest BCUT2D eigenvalue weighted by Crippen LogP contribution is -2.44. The summed E-state index contributed by atoms with van der Waals surface area (Å²) < 4.78 is 0. The molecule has 0 spiro atoms. The number of hydrogen-bond acceptors (Lipinski definition) is 2. The van der Waals surface area contributed by atoms with E-state index in [4.69, 9.17) is 0 Å². The Morgan fingerprint density at radius 2 is 2.33 bits per heavy atom. The molecule has 0 aliphatic carbocycles. The fraction of sp³-hybridized carbons (Fsp3) is 0.889. The van der Waals surface area contributed by atoms with E-state index in [2.05, 4.69) is 10.2 Å². The van der Waals surface area contributed by atoms with E-state index in [0.29, 0.717) is 11.9 Å². The minimum absolute atomic E-state index is 0.370. The number of carbonyl (C=O) groups excluding carboxylic acids is 1. The molecule has 2 aliphatic rings. The van der Waals surface area contributed by atoms with Gasteiger partial charge in [0, 0.05) is 25.6 Å². The van der Waals surface area contributed by atoms with Gasteiger partial charge < -0.3 is 10.2 Å². The minimum Gasteiger partial charge on any atom is -0.338 e. The average molecular weight is 168 g/mol. The zero-order valence-corrected chi connectivity index (χ0v) is 7.38. The van der Waals surface area contributed by atoms with Crippen LogP contribution in [0.5, 0.6) is 0 Å². The number of piperidine rings is 1. The van der Waals surface area contributed by atoms with E-state index in [1.807, 2.05) is 0 Å². The summed E-state index contributed by atoms with van der Waals surface area (Å²) in [5.41, 5.74) is 0. The summed E-state index contributed by atoms with van der Waals surface area (Å²) in [6.45, 7) is 3.07. The first-order valence-electron chi connectivity index (χ1n) is 4.88. The Balaban J connectivity index is 1.95. The molecule has 2 saturated heterocycles. The van der Waals surface area contributed by atoms with Gasteiger partial charge in [-0.1, -0.05) is 0 Å². The summed E-state index contributed by atoms with van der Waals surface area (Å²) in [5.74, 6) is 0.370. The molecule has 0 aromatic carbocycles. The number of rotatable bonds is 1. The van der Waals surface area contributed by atoms with Gasteiger partial charge in [0.25, 0.3) is 0 Å². The van der Waals surface area contributed by atoms with Crippen molar-refractivity contribution in [1.29, 1.82) is 0 Å². The molecule has 1 N–H and O–H groups in total. The van der Waals surface area contributed by atoms with Crippen LogP contribution in [0.2, 0.25) is 0 Å². The largest absolute Gasteiger partial charge is 0.338 e. The van der Waals surface area contributed by atoms with Crippen LogP contribution < -0.4 is 5.32 Å². The standard InChI is InChI=1S/C9H16N2O/c12-9-3-1-2-6-11(9)8-4-5-10-7-8/h8,10H,1-7H2. The van der Waals surface area contributed by atoms with Gasteiger partial charge in [0.2, 0.25) is 5.91 Å². The molecule has 2 heterocycles. The van der Waals surface area contributed by atoms with Gasteiger partial charge in [-0.2, -0.15) is 0 Å². The summed E-state index contributed by atoms with van der Waals surface area (Å²) in [7, 11) is 0. The fourth-order valence-corrected chi connectivity index (χ4v) is 2.12. The summed E-state index contributed by atoms with van der Waals surface area (Å²) in [5, 5.41) is 3.30. The third-order valence-corrected chi connectivity index (χ3v) is 2.84. The van der Waals surface area contributed by atoms with Gasteiger partial charge in [0.05, 0.1) is 0 Å². The van der Waals surface area contributed by atoms with E-state index in [1.54, 1.807) is 0 Å². The van der Waals surface area contributed by atoms with Crippen molar-refractivity contribution in [1.82, 2.24) is 10.2 Å². The van der Waals surface area contributed by atoms with Crippen LogP contribution in [0.3, 0.4) is 0 Å². The zero-order valence-electron chi connectivity index (χ0n) is 7.38. The van der Waals surface area contributed by atoms with Crippen molar-refractivity contribution in [3.8, 4) is 0 Å². The van der Waals surface area contributed by atoms with Crippen molar-refractivity contribution in [3.05, 3.63) is 0 Å². The Morgan fingerprint density at radius 1 is 1.42 bits per heavy atom. The molecule has 0 bridgehead atoms. The lowest BCUT2D eigenvalue weighted by Gasteiger charge is -2.31. The highest BCUT2D eigenvalue weighted by molar-refractivity contribution is 5.77. The number of carbonyl (C=O) groups is 1. The Kier molecular flexibility index (Phi) is 2.30. The third-order valence-electron chi connectivity index (χ3n) is 2.84. The minimum atomic E-state index is 0.370. The molecule has 3 heteroatoms. The molecule has 2 fully saturated rings. The normalized spacial score (nSPS) is 31.2. The van der Waals surface area contributed by atoms with Gasteiger partial charge in [-0.3, -0.25) is 4.79 Å². The number of hydrogen-bond donors (Lipinski definition) is 1. The van der Waals surface area contributed by atoms with Crippen LogP contribution in [0.1, 0.15) is 25.7 Å². The van der Waals surface area contributed by atoms with Crippen LogP contribution in [-0.4, -0.2) is 36.5 Å². The molecule has 0 aromatic rings. The third kappa shape index (κ3) is 1.46. The monoisotopic (exact) mass is 168 g/mol. The summed E-state index contributed by atoms with van der Waals surface area (Å²) >= 11 is 0. The Labute approximate surface area is 73.1 Å². The molecule has 12 heavy (non-hydrogen) atoms. The topological polar surface area (TPSA) is 32.3 Å². The molecule has 0 saturated carbocycles. The van der Waals surface area contributed by atoms with Gasteiger partial charge in [-0.15, -0.1) is 0 Å². The van der Waals surface area contributed by atoms with Gasteiger partial charge in [-0.25, -0.2) is 0 Å². The lowest BCUT2D eigenvalue weighted by atomic mass is 10.1. The predicted molar refractivity (Wildman–Crippen MR) is 46.8 cm³/mol. The maximum absolute atomic E-state index is 11.5. The molecular weight excluding hydrogens is 152 g/mol. The van der Waals surface area contributed by atoms with Crippen molar-refractivity contribution in [3.63, 3.8) is 0 Å². The zero-order chi connectivity index (χ0) is 8.39. The Hall–Kier alpha value is -0.570. The van der Waals surface area contributed by atoms with Crippen LogP contribution in [0.15, 0.2) is 0 Å². The van der Waals surface area contributed by atoms with Crippen molar-refractivity contribution in [2.75, 3.05) is 19.6 Å². The summed E-state index contributed by atoms with van der Waals surface area (Å²) in [6, 6.07) is 0.498. The van der Waals surface area contributed by atoms with Gasteiger partial charge in [0.1, 0.15) is 0 Å². The quantitative estimate of drug-likeness (QED) is 0.613. The van der Waals surface area contributed by atoms with Crippen LogP contribution in [0.25, 0.3) is 0 Å². The number of likely N-dealkylation sites (tertiary alicyclic amines) is 1. The molecule has 1 atom stereocenters. The van der Waals surface area contributed by atoms with E-state index in [9.17, 15) is 4.79 Å². The average Bonchev–Trinajstić information content (AvgIpc) is 2.57. The Bertz CT molecular complexity index is 175. The van der Waals surface area contributed by atoms with Gasteiger partial charge in [0.15, 0.2) is 0 Å². The second-order valence-electron chi connectivity index (χ2n) is 3.69. The maximum atomic E-state index is 11.5. The number of nitrogens with zero attached hydrogens (tertiary/aromatic N) is 1. The van der Waals surface area contributed by atoms with Crippen molar-refractivity contribution >= 4 is 5.91 Å². The van der Waals surface area contributed by atoms with E-state index in [-0.39, 0.29) is 0 Å². The maximum Gasteiger partial charge on any atom is 0.222 e. The van der Waals surface area contributed by atoms with Crippen LogP contribution >= 0.6 is 0 Å². The number of amides is 1. The first-order valence-corrected chi connectivity index (χ1v) is 4.88. The molecule has 2 rings (SSSR count). The number of nitrogens with one attached hydrogen (secondary N) is 1. The first kappa shape index (κ1) is 8.05. The lowest BCUT2D eigenvalue weighted by molar-refractivity contribution is -0.135. The van der Waals surface area contributed by atoms with E-state index < -0.39 is 0 Å². The smallest absolute Gasteiger partial charge is 0.222 e. The fourth-order valence-electron chi connectivity index (χ4n) is 2.12. The highest BCUT2D eigenvalue weighted by atomic mass is 16.2. The molecule has 0 aromatic heterocycles. The first-order chi connectivity index (χ1) is 5.88. The second-order valence-corrected chi connectivity index (χ2v) is 3.69. The van der Waals surface area contributed by atoms with Gasteiger partial charge in [-0.05, 0) is 25.8 Å². The molecule has 1 unspecified atom stereocenters. The highest BCUT2D eigenvalue weighted by Gasteiger charge is 2.27. The van der Waals surface area contributed by atoms with Crippen LogP contribution in [0, 0.1) is 0 Å². The van der Waals surface area contributed by atoms with Gasteiger partial charge >= 0.3 is 0 Å². The summed E-state index contributed by atoms with van der Waals surface area (Å²) in [4.78, 5) is 13.6. The van der Waals surface area contributed by atoms with Crippen molar-refractivity contribution in [2.24, 2.45) is 0 Å². The van der Waals surface area contributed by atoms with Crippen molar-refractivity contribution < 1.29 is 4.79 Å². The summed E-state index contributed by atoms with van der Waals surface area (Å²) in [6.07, 6.45) is 4.21. The van der Waals surface area contributed by atoms with Crippen LogP contribution in [0.4, 0.5) is 0 Å². The van der Waals surface area contributed by atoms with Crippen LogP contribution in [-0.2, 0) is 4.79 Å². The SMILES string of the molecule is O=C1CCCCN1C1CCNC1. The van der Waals surface area contributed by atoms with Crippen molar-refractivity contribution in [2.45, 2.75) is 31.7 Å². The van der Waals surface area contributed by atoms with E-state index in [1.165, 1.54) is 6.42 Å². The highest BCUT2D eigenvalue weighted by Crippen LogP contribution is 2.16. The Morgan fingerprint density at radius 3 is 3.00 bits per heavy atom. The molecule has 1 amide bonds. The molecule has 68 valence electrons. The molecule has 3 nitrogen and oxygen atoms in total. The van der Waals surface area contributed by atoms with E-state index >= 15 is 0 Å². The molecule has 2 aliphatic heterocycles. The van der Waals surface area contributed by atoms with E-state index in [0.717, 1.165) is 38.9 Å².